The minimum absolute atomic E-state index is 0.478. The predicted octanol–water partition coefficient (Wildman–Crippen LogP) is 4.54. The van der Waals surface area contributed by atoms with Crippen LogP contribution in [0.5, 0.6) is 0 Å². The largest absolute Gasteiger partial charge is 0.352 e. The van der Waals surface area contributed by atoms with E-state index in [1.165, 1.54) is 15.8 Å². The molecule has 110 valence electrons. The molecule has 0 saturated carbocycles. The number of aryl methyl sites for hydroxylation is 2. The Labute approximate surface area is 130 Å². The topological polar surface area (TPSA) is 29.0 Å². The van der Waals surface area contributed by atoms with Crippen molar-refractivity contribution in [3.63, 3.8) is 0 Å². The van der Waals surface area contributed by atoms with Gasteiger partial charge >= 0.3 is 0 Å². The number of halogens is 1. The molecule has 0 unspecified atom stereocenters. The summed E-state index contributed by atoms with van der Waals surface area (Å²) in [6.45, 7) is 9.58. The molecule has 0 spiro atoms. The summed E-state index contributed by atoms with van der Waals surface area (Å²) in [5, 5.41) is 1.20. The predicted molar refractivity (Wildman–Crippen MR) is 89.3 cm³/mol. The summed E-state index contributed by atoms with van der Waals surface area (Å²) in [6.07, 6.45) is 3.87. The minimum atomic E-state index is 0.478. The van der Waals surface area contributed by atoms with Gasteiger partial charge in [-0.3, -0.25) is 0 Å². The number of hydrogen-bond donors (Lipinski definition) is 0. The van der Waals surface area contributed by atoms with Crippen LogP contribution >= 0.6 is 22.9 Å². The molecule has 0 atom stereocenters. The lowest BCUT2D eigenvalue weighted by molar-refractivity contribution is 0.564. The third-order valence-electron chi connectivity index (χ3n) is 3.93. The van der Waals surface area contributed by atoms with Crippen LogP contribution in [-0.4, -0.2) is 28.4 Å². The second-order valence-electron chi connectivity index (χ2n) is 5.01. The molecular formula is C15H22ClN3S. The first-order chi connectivity index (χ1) is 9.63. The fourth-order valence-electron chi connectivity index (χ4n) is 2.66. The number of thiophene rings is 1. The molecule has 2 aromatic rings. The van der Waals surface area contributed by atoms with Gasteiger partial charge in [0.05, 0.1) is 5.39 Å². The molecule has 3 nitrogen and oxygen atoms in total. The van der Waals surface area contributed by atoms with Crippen LogP contribution in [0.25, 0.3) is 10.2 Å². The van der Waals surface area contributed by atoms with Gasteiger partial charge in [0.15, 0.2) is 0 Å². The molecule has 20 heavy (non-hydrogen) atoms. The molecule has 0 N–H and O–H groups in total. The van der Waals surface area contributed by atoms with Crippen LogP contribution in [0, 0.1) is 13.8 Å². The van der Waals surface area contributed by atoms with E-state index in [1.807, 2.05) is 0 Å². The number of fused-ring (bicyclic) bond motifs is 1. The molecule has 0 aliphatic rings. The average Bonchev–Trinajstić information content (AvgIpc) is 2.74. The zero-order chi connectivity index (χ0) is 14.7. The Morgan fingerprint density at radius 1 is 1.25 bits per heavy atom. The SMILES string of the molecule is CCC(CC)N(CCCl)c1ncnc2sc(C)c(C)c12. The van der Waals surface area contributed by atoms with Gasteiger partial charge in [-0.2, -0.15) is 0 Å². The van der Waals surface area contributed by atoms with Crippen molar-refractivity contribution >= 4 is 39.0 Å². The van der Waals surface area contributed by atoms with Gasteiger partial charge in [-0.05, 0) is 32.3 Å². The standard InChI is InChI=1S/C15H22ClN3S/c1-5-12(6-2)19(8-7-16)14-13-10(3)11(4)20-15(13)18-9-17-14/h9,12H,5-8H2,1-4H3. The molecule has 2 heterocycles. The minimum Gasteiger partial charge on any atom is -0.352 e. The second-order valence-corrected chi connectivity index (χ2v) is 6.59. The van der Waals surface area contributed by atoms with Crippen molar-refractivity contribution in [3.05, 3.63) is 16.8 Å². The van der Waals surface area contributed by atoms with Crippen LogP contribution in [0.1, 0.15) is 37.1 Å². The van der Waals surface area contributed by atoms with Gasteiger partial charge in [0.25, 0.3) is 0 Å². The van der Waals surface area contributed by atoms with E-state index in [0.717, 1.165) is 30.0 Å². The Morgan fingerprint density at radius 2 is 1.95 bits per heavy atom. The van der Waals surface area contributed by atoms with Crippen molar-refractivity contribution in [2.45, 2.75) is 46.6 Å². The maximum absolute atomic E-state index is 6.02. The van der Waals surface area contributed by atoms with Crippen LogP contribution in [0.15, 0.2) is 6.33 Å². The van der Waals surface area contributed by atoms with Crippen molar-refractivity contribution in [2.75, 3.05) is 17.3 Å². The van der Waals surface area contributed by atoms with E-state index < -0.39 is 0 Å². The van der Waals surface area contributed by atoms with Crippen LogP contribution in [0.4, 0.5) is 5.82 Å². The lowest BCUT2D eigenvalue weighted by Crippen LogP contribution is -2.36. The van der Waals surface area contributed by atoms with E-state index in [4.69, 9.17) is 11.6 Å². The van der Waals surface area contributed by atoms with Crippen LogP contribution in [-0.2, 0) is 0 Å². The number of rotatable bonds is 6. The summed E-state index contributed by atoms with van der Waals surface area (Å²) in [7, 11) is 0. The summed E-state index contributed by atoms with van der Waals surface area (Å²) in [5.74, 6) is 1.66. The molecule has 0 radical (unpaired) electrons. The maximum atomic E-state index is 6.02. The van der Waals surface area contributed by atoms with Gasteiger partial charge in [-0.1, -0.05) is 13.8 Å². The number of anilines is 1. The van der Waals surface area contributed by atoms with Crippen molar-refractivity contribution in [3.8, 4) is 0 Å². The third kappa shape index (κ3) is 2.77. The molecular weight excluding hydrogens is 290 g/mol. The van der Waals surface area contributed by atoms with Gasteiger partial charge in [0.2, 0.25) is 0 Å². The quantitative estimate of drug-likeness (QED) is 0.733. The normalized spacial score (nSPS) is 11.5. The Balaban J connectivity index is 2.58. The van der Waals surface area contributed by atoms with Crippen molar-refractivity contribution in [1.82, 2.24) is 9.97 Å². The molecule has 5 heteroatoms. The maximum Gasteiger partial charge on any atom is 0.141 e. The van der Waals surface area contributed by atoms with Crippen molar-refractivity contribution < 1.29 is 0 Å². The summed E-state index contributed by atoms with van der Waals surface area (Å²) in [6, 6.07) is 0.478. The smallest absolute Gasteiger partial charge is 0.141 e. The van der Waals surface area contributed by atoms with Gasteiger partial charge in [0.1, 0.15) is 17.0 Å². The summed E-state index contributed by atoms with van der Waals surface area (Å²) in [4.78, 5) is 13.8. The highest BCUT2D eigenvalue weighted by Crippen LogP contribution is 2.35. The van der Waals surface area contributed by atoms with Gasteiger partial charge in [-0.25, -0.2) is 9.97 Å². The van der Waals surface area contributed by atoms with E-state index in [9.17, 15) is 0 Å². The molecule has 2 rings (SSSR count). The van der Waals surface area contributed by atoms with Gasteiger partial charge in [-0.15, -0.1) is 22.9 Å². The lowest BCUT2D eigenvalue weighted by atomic mass is 10.1. The van der Waals surface area contributed by atoms with Crippen molar-refractivity contribution in [1.29, 1.82) is 0 Å². The molecule has 0 aliphatic heterocycles. The van der Waals surface area contributed by atoms with Gasteiger partial charge in [0, 0.05) is 23.3 Å². The molecule has 0 amide bonds. The monoisotopic (exact) mass is 311 g/mol. The van der Waals surface area contributed by atoms with Crippen LogP contribution < -0.4 is 4.90 Å². The average molecular weight is 312 g/mol. The molecule has 0 bridgehead atoms. The van der Waals surface area contributed by atoms with Crippen LogP contribution in [0.3, 0.4) is 0 Å². The van der Waals surface area contributed by atoms with E-state index in [-0.39, 0.29) is 0 Å². The Kier molecular flexibility index (Phi) is 5.22. The summed E-state index contributed by atoms with van der Waals surface area (Å²) < 4.78 is 0. The molecule has 2 aromatic heterocycles. The Hall–Kier alpha value is -0.870. The number of alkyl halides is 1. The van der Waals surface area contributed by atoms with E-state index in [2.05, 4.69) is 42.6 Å². The van der Waals surface area contributed by atoms with Crippen molar-refractivity contribution in [2.24, 2.45) is 0 Å². The first kappa shape index (κ1) is 15.5. The number of hydrogen-bond acceptors (Lipinski definition) is 4. The highest BCUT2D eigenvalue weighted by atomic mass is 35.5. The fourth-order valence-corrected chi connectivity index (χ4v) is 3.84. The molecule has 0 saturated heterocycles. The number of nitrogens with zero attached hydrogens (tertiary/aromatic N) is 3. The Bertz CT molecular complexity index is 578. The highest BCUT2D eigenvalue weighted by molar-refractivity contribution is 7.18. The third-order valence-corrected chi connectivity index (χ3v) is 5.21. The number of aromatic nitrogens is 2. The first-order valence-corrected chi connectivity index (χ1v) is 8.52. The summed E-state index contributed by atoms with van der Waals surface area (Å²) in [5.41, 5.74) is 1.30. The molecule has 0 aromatic carbocycles. The highest BCUT2D eigenvalue weighted by Gasteiger charge is 2.21. The zero-order valence-corrected chi connectivity index (χ0v) is 14.2. The van der Waals surface area contributed by atoms with Crippen LogP contribution in [0.2, 0.25) is 0 Å². The zero-order valence-electron chi connectivity index (χ0n) is 12.6. The van der Waals surface area contributed by atoms with E-state index in [0.29, 0.717) is 11.9 Å². The second kappa shape index (κ2) is 6.72. The Morgan fingerprint density at radius 3 is 2.55 bits per heavy atom. The van der Waals surface area contributed by atoms with E-state index in [1.54, 1.807) is 17.7 Å². The molecule has 0 aliphatic carbocycles. The van der Waals surface area contributed by atoms with E-state index >= 15 is 0 Å². The fraction of sp³-hybridized carbons (Fsp3) is 0.600. The van der Waals surface area contributed by atoms with Gasteiger partial charge < -0.3 is 4.90 Å². The molecule has 0 fully saturated rings. The summed E-state index contributed by atoms with van der Waals surface area (Å²) >= 11 is 7.76. The first-order valence-electron chi connectivity index (χ1n) is 7.17. The lowest BCUT2D eigenvalue weighted by Gasteiger charge is -2.31.